The van der Waals surface area contributed by atoms with Gasteiger partial charge >= 0.3 is 39.4 Å². The molecule has 56 valence electrons. The van der Waals surface area contributed by atoms with E-state index in [0.717, 1.165) is 0 Å². The third-order valence-electron chi connectivity index (χ3n) is 0.368. The van der Waals surface area contributed by atoms with Crippen LogP contribution in [0.25, 0.3) is 0 Å². The van der Waals surface area contributed by atoms with E-state index in [1.54, 1.807) is 0 Å². The summed E-state index contributed by atoms with van der Waals surface area (Å²) in [6.45, 7) is 0. The summed E-state index contributed by atoms with van der Waals surface area (Å²) in [7, 11) is 0. The summed E-state index contributed by atoms with van der Waals surface area (Å²) >= 11 is 1.35. The molecule has 0 spiro atoms. The molecule has 0 aliphatic rings. The molecule has 10 heavy (non-hydrogen) atoms. The van der Waals surface area contributed by atoms with Crippen LogP contribution in [0.1, 0.15) is 0 Å². The number of carboxylic acids is 2. The molecule has 0 unspecified atom stereocenters. The Morgan fingerprint density at radius 2 is 1.30 bits per heavy atom. The molecule has 0 bridgehead atoms. The first-order valence-electron chi connectivity index (χ1n) is 2.34. The predicted molar refractivity (Wildman–Crippen MR) is 37.4 cm³/mol. The number of hydrogen-bond donors (Lipinski definition) is 2. The fourth-order valence-corrected chi connectivity index (χ4v) is 0.143. The summed E-state index contributed by atoms with van der Waals surface area (Å²) in [5.41, 5.74) is 0. The van der Waals surface area contributed by atoms with Crippen molar-refractivity contribution < 1.29 is 19.8 Å². The van der Waals surface area contributed by atoms with E-state index in [2.05, 4.69) is 4.94 Å². The van der Waals surface area contributed by atoms with E-state index < -0.39 is 11.9 Å². The van der Waals surface area contributed by atoms with Gasteiger partial charge in [-0.05, 0) is 0 Å². The average molecular weight is 251 g/mol. The van der Waals surface area contributed by atoms with Gasteiger partial charge < -0.3 is 10.2 Å². The fraction of sp³-hybridized carbons (Fsp3) is 0.200. The second-order valence-electron chi connectivity index (χ2n) is 1.01. The van der Waals surface area contributed by atoms with Crippen LogP contribution in [0, 0.1) is 0 Å². The van der Waals surface area contributed by atoms with Crippen molar-refractivity contribution in [1.82, 2.24) is 0 Å². The second-order valence-corrected chi connectivity index (χ2v) is 1.01. The molecule has 0 aliphatic carbocycles. The van der Waals surface area contributed by atoms with Gasteiger partial charge in [-0.15, -0.1) is 0 Å². The third-order valence-corrected chi connectivity index (χ3v) is 0.368. The number of rotatable bonds is 2. The van der Waals surface area contributed by atoms with Crippen molar-refractivity contribution in [2.24, 2.45) is 0 Å². The van der Waals surface area contributed by atoms with Crippen molar-refractivity contribution in [2.75, 3.05) is 0 Å². The van der Waals surface area contributed by atoms with E-state index in [-0.39, 0.29) is 0 Å². The van der Waals surface area contributed by atoms with Crippen LogP contribution in [-0.4, -0.2) is 44.7 Å². The number of hydrogen-bond acceptors (Lipinski definition) is 2. The van der Waals surface area contributed by atoms with Gasteiger partial charge in [-0.25, -0.2) is 9.59 Å². The first-order valence-corrected chi connectivity index (χ1v) is 5.64. The van der Waals surface area contributed by atoms with Crippen LogP contribution >= 0.6 is 0 Å². The van der Waals surface area contributed by atoms with E-state index in [1.807, 2.05) is 0 Å². The van der Waals surface area contributed by atoms with Crippen LogP contribution in [-0.2, 0) is 9.59 Å². The first-order chi connectivity index (χ1) is 4.63. The Labute approximate surface area is 71.6 Å². The maximum atomic E-state index is 9.55. The Hall–Kier alpha value is -0.521. The van der Waals surface area contributed by atoms with Gasteiger partial charge in [0, 0.05) is 12.2 Å². The van der Waals surface area contributed by atoms with E-state index in [0.29, 0.717) is 12.2 Å². The Bertz CT molecular complexity index is 125. The SMILES string of the molecule is O=C(O)/C=C\C(=O)O.[CH3][SnH]. The molecule has 0 saturated carbocycles. The number of carboxylic acid groups (broad SMARTS) is 2. The molecule has 0 aromatic carbocycles. The average Bonchev–Trinajstić information content (AvgIpc) is 1.89. The molecule has 0 amide bonds. The Balaban J connectivity index is 0. The van der Waals surface area contributed by atoms with Crippen molar-refractivity contribution in [3.8, 4) is 0 Å². The number of aliphatic carboxylic acids is 2. The van der Waals surface area contributed by atoms with Crippen LogP contribution in [0.4, 0.5) is 0 Å². The molecule has 0 aromatic heterocycles. The molecule has 0 rings (SSSR count). The van der Waals surface area contributed by atoms with Crippen LogP contribution in [0.5, 0.6) is 0 Å². The number of carbonyl (C=O) groups is 2. The minimum absolute atomic E-state index is 0.558. The monoisotopic (exact) mass is 252 g/mol. The zero-order valence-corrected chi connectivity index (χ0v) is 8.74. The van der Waals surface area contributed by atoms with Crippen LogP contribution in [0.15, 0.2) is 12.2 Å². The van der Waals surface area contributed by atoms with Gasteiger partial charge in [0.2, 0.25) is 0 Å². The van der Waals surface area contributed by atoms with Crippen molar-refractivity contribution >= 4 is 34.5 Å². The second kappa shape index (κ2) is 8.48. The Morgan fingerprint density at radius 1 is 1.10 bits per heavy atom. The van der Waals surface area contributed by atoms with Crippen LogP contribution in [0.2, 0.25) is 4.94 Å². The molecular weight excluding hydrogens is 243 g/mol. The summed E-state index contributed by atoms with van der Waals surface area (Å²) in [4.78, 5) is 21.2. The van der Waals surface area contributed by atoms with Gasteiger partial charge in [0.1, 0.15) is 0 Å². The fourth-order valence-electron chi connectivity index (χ4n) is 0.143. The van der Waals surface area contributed by atoms with Gasteiger partial charge in [0.15, 0.2) is 0 Å². The first kappa shape index (κ1) is 12.2. The molecule has 2 radical (unpaired) electrons. The Morgan fingerprint density at radius 3 is 1.40 bits per heavy atom. The van der Waals surface area contributed by atoms with E-state index in [4.69, 9.17) is 10.2 Å². The van der Waals surface area contributed by atoms with Gasteiger partial charge in [-0.1, -0.05) is 0 Å². The molecule has 0 aromatic rings. The standard InChI is InChI=1S/C4H4O4.CH3.Sn.H/c5-3(6)1-2-4(7)8;;;/h1-2H,(H,5,6)(H,7,8);1H3;;/b2-1-;;;. The van der Waals surface area contributed by atoms with Gasteiger partial charge in [0.25, 0.3) is 0 Å². The summed E-state index contributed by atoms with van der Waals surface area (Å²) < 4.78 is 0. The van der Waals surface area contributed by atoms with Crippen LogP contribution < -0.4 is 0 Å². The zero-order valence-electron chi connectivity index (χ0n) is 5.44. The molecule has 4 nitrogen and oxygen atoms in total. The van der Waals surface area contributed by atoms with Crippen molar-refractivity contribution in [3.05, 3.63) is 12.2 Å². The van der Waals surface area contributed by atoms with E-state index in [9.17, 15) is 9.59 Å². The predicted octanol–water partition coefficient (Wildman–Crippen LogP) is -0.353. The third kappa shape index (κ3) is 15.6. The molecule has 0 atom stereocenters. The summed E-state index contributed by atoms with van der Waals surface area (Å²) in [6.07, 6.45) is 1.12. The zero-order chi connectivity index (χ0) is 8.57. The summed E-state index contributed by atoms with van der Waals surface area (Å²) in [5.74, 6) is -2.51. The van der Waals surface area contributed by atoms with Crippen LogP contribution in [0.3, 0.4) is 0 Å². The van der Waals surface area contributed by atoms with Crippen molar-refractivity contribution in [3.63, 3.8) is 0 Å². The van der Waals surface area contributed by atoms with Gasteiger partial charge in [-0.3, -0.25) is 0 Å². The topological polar surface area (TPSA) is 74.6 Å². The van der Waals surface area contributed by atoms with Crippen molar-refractivity contribution in [2.45, 2.75) is 4.94 Å². The quantitative estimate of drug-likeness (QED) is 0.519. The molecule has 0 heterocycles. The molecule has 0 aliphatic heterocycles. The molecular formula is C5H8O4Sn. The summed E-state index contributed by atoms with van der Waals surface area (Å²) in [5, 5.41) is 15.6. The molecule has 2 N–H and O–H groups in total. The van der Waals surface area contributed by atoms with E-state index in [1.165, 1.54) is 22.5 Å². The maximum absolute atomic E-state index is 9.55. The Kier molecular flexibility index (Phi) is 10.3. The molecule has 0 fully saturated rings. The summed E-state index contributed by atoms with van der Waals surface area (Å²) in [6, 6.07) is 0. The molecule has 0 saturated heterocycles. The van der Waals surface area contributed by atoms with Crippen molar-refractivity contribution in [1.29, 1.82) is 0 Å². The van der Waals surface area contributed by atoms with Gasteiger partial charge in [0.05, 0.1) is 0 Å². The normalized spacial score (nSPS) is 8.20. The van der Waals surface area contributed by atoms with Gasteiger partial charge in [-0.2, -0.15) is 0 Å². The minimum atomic E-state index is -1.26. The molecule has 5 heteroatoms. The van der Waals surface area contributed by atoms with E-state index >= 15 is 0 Å².